The van der Waals surface area contributed by atoms with Crippen LogP contribution in [0.2, 0.25) is 0 Å². The van der Waals surface area contributed by atoms with Gasteiger partial charge in [0.2, 0.25) is 0 Å². The molecular weight excluding hydrogens is 516 g/mol. The van der Waals surface area contributed by atoms with Gasteiger partial charge in [0.25, 0.3) is 0 Å². The third-order valence-corrected chi connectivity index (χ3v) is 6.37. The van der Waals surface area contributed by atoms with Crippen LogP contribution in [0.25, 0.3) is 22.0 Å². The van der Waals surface area contributed by atoms with Crippen molar-refractivity contribution in [2.75, 3.05) is 11.9 Å². The number of carbonyl (C=O) groups excluding carboxylic acids is 2. The average Bonchev–Trinajstić information content (AvgIpc) is 3.34. The maximum Gasteiger partial charge on any atom is 0.435 e. The summed E-state index contributed by atoms with van der Waals surface area (Å²) in [4.78, 5) is 24.9. The lowest BCUT2D eigenvalue weighted by Crippen LogP contribution is -2.34. The topological polar surface area (TPSA) is 94.5 Å². The molecule has 1 aromatic heterocycles. The highest BCUT2D eigenvalue weighted by molar-refractivity contribution is 6.02. The molecule has 1 heterocycles. The van der Waals surface area contributed by atoms with Crippen LogP contribution in [0.1, 0.15) is 65.5 Å². The van der Waals surface area contributed by atoms with Crippen LogP contribution in [0, 0.1) is 0 Å². The summed E-state index contributed by atoms with van der Waals surface area (Å²) in [5.41, 5.74) is 4.62. The molecular formula is C33H40N4O4. The molecule has 1 amide bonds. The number of anilines is 1. The second-order valence-electron chi connectivity index (χ2n) is 12.2. The van der Waals surface area contributed by atoms with Gasteiger partial charge in [0.1, 0.15) is 11.2 Å². The lowest BCUT2D eigenvalue weighted by molar-refractivity contribution is 0.0512. The number of ether oxygens (including phenoxy) is 2. The Hall–Kier alpha value is -4.33. The summed E-state index contributed by atoms with van der Waals surface area (Å²) in [6, 6.07) is 22.4. The van der Waals surface area contributed by atoms with Gasteiger partial charge in [-0.25, -0.2) is 9.59 Å². The fraction of sp³-hybridized carbons (Fsp3) is 0.364. The number of nitrogens with zero attached hydrogens (tertiary/aromatic N) is 2. The Kier molecular flexibility index (Phi) is 8.71. The summed E-state index contributed by atoms with van der Waals surface area (Å²) in [6.45, 7) is 14.2. The number of rotatable bonds is 7. The Labute approximate surface area is 242 Å². The van der Waals surface area contributed by atoms with Crippen LogP contribution in [0.5, 0.6) is 0 Å². The van der Waals surface area contributed by atoms with Crippen LogP contribution in [0.4, 0.5) is 15.3 Å². The molecule has 8 heteroatoms. The lowest BCUT2D eigenvalue weighted by Gasteiger charge is -2.21. The van der Waals surface area contributed by atoms with Gasteiger partial charge in [-0.2, -0.15) is 9.78 Å². The molecule has 0 radical (unpaired) electrons. The maximum absolute atomic E-state index is 12.9. The van der Waals surface area contributed by atoms with Crippen molar-refractivity contribution in [1.82, 2.24) is 15.1 Å². The minimum absolute atomic E-state index is 0.0989. The monoisotopic (exact) mass is 556 g/mol. The number of fused-ring (bicyclic) bond motifs is 1. The van der Waals surface area contributed by atoms with Crippen molar-refractivity contribution in [1.29, 1.82) is 0 Å². The Bertz CT molecular complexity index is 1500. The number of carbonyl (C=O) groups is 2. The van der Waals surface area contributed by atoms with Gasteiger partial charge in [0.05, 0.1) is 17.4 Å². The van der Waals surface area contributed by atoms with Crippen LogP contribution in [0.15, 0.2) is 72.9 Å². The molecule has 2 N–H and O–H groups in total. The number of alkyl carbamates (subject to hydrolysis) is 1. The minimum Gasteiger partial charge on any atom is -0.444 e. The van der Waals surface area contributed by atoms with Crippen molar-refractivity contribution in [3.8, 4) is 11.1 Å². The zero-order chi connectivity index (χ0) is 29.8. The van der Waals surface area contributed by atoms with E-state index in [-0.39, 0.29) is 5.92 Å². The zero-order valence-electron chi connectivity index (χ0n) is 24.9. The van der Waals surface area contributed by atoms with Gasteiger partial charge in [0.15, 0.2) is 0 Å². The summed E-state index contributed by atoms with van der Waals surface area (Å²) < 4.78 is 12.2. The molecule has 0 aliphatic heterocycles. The van der Waals surface area contributed by atoms with Crippen molar-refractivity contribution in [3.63, 3.8) is 0 Å². The first-order valence-corrected chi connectivity index (χ1v) is 13.9. The molecule has 1 unspecified atom stereocenters. The third-order valence-electron chi connectivity index (χ3n) is 6.37. The molecule has 0 fully saturated rings. The minimum atomic E-state index is -0.634. The van der Waals surface area contributed by atoms with E-state index in [2.05, 4.69) is 59.1 Å². The Morgan fingerprint density at radius 2 is 1.54 bits per heavy atom. The van der Waals surface area contributed by atoms with E-state index in [1.54, 1.807) is 6.20 Å². The lowest BCUT2D eigenvalue weighted by atomic mass is 9.96. The van der Waals surface area contributed by atoms with E-state index in [1.165, 1.54) is 4.68 Å². The number of hydrogen-bond donors (Lipinski definition) is 2. The molecule has 0 aliphatic rings. The highest BCUT2D eigenvalue weighted by Gasteiger charge is 2.22. The van der Waals surface area contributed by atoms with Gasteiger partial charge in [-0.15, -0.1) is 0 Å². The van der Waals surface area contributed by atoms with E-state index in [1.807, 2.05) is 71.9 Å². The van der Waals surface area contributed by atoms with Gasteiger partial charge < -0.3 is 20.1 Å². The van der Waals surface area contributed by atoms with Crippen molar-refractivity contribution >= 4 is 28.8 Å². The van der Waals surface area contributed by atoms with Crippen LogP contribution >= 0.6 is 0 Å². The van der Waals surface area contributed by atoms with Crippen molar-refractivity contribution in [2.24, 2.45) is 0 Å². The smallest absolute Gasteiger partial charge is 0.435 e. The average molecular weight is 557 g/mol. The van der Waals surface area contributed by atoms with Crippen molar-refractivity contribution < 1.29 is 19.1 Å². The van der Waals surface area contributed by atoms with E-state index in [4.69, 9.17) is 9.47 Å². The molecule has 4 rings (SSSR count). The quantitative estimate of drug-likeness (QED) is 0.242. The van der Waals surface area contributed by atoms with E-state index in [0.29, 0.717) is 18.6 Å². The van der Waals surface area contributed by atoms with Crippen molar-refractivity contribution in [3.05, 3.63) is 84.1 Å². The summed E-state index contributed by atoms with van der Waals surface area (Å²) in [5, 5.41) is 11.6. The van der Waals surface area contributed by atoms with Crippen LogP contribution in [0.3, 0.4) is 0 Å². The van der Waals surface area contributed by atoms with Crippen LogP contribution in [-0.2, 0) is 16.0 Å². The molecule has 1 atom stereocenters. The number of amides is 1. The Morgan fingerprint density at radius 1 is 0.878 bits per heavy atom. The number of benzene rings is 3. The first kappa shape index (κ1) is 29.6. The van der Waals surface area contributed by atoms with Crippen LogP contribution < -0.4 is 10.6 Å². The van der Waals surface area contributed by atoms with Gasteiger partial charge >= 0.3 is 12.2 Å². The molecule has 0 aliphatic carbocycles. The first-order valence-electron chi connectivity index (χ1n) is 13.9. The molecule has 0 saturated heterocycles. The zero-order valence-corrected chi connectivity index (χ0v) is 24.9. The van der Waals surface area contributed by atoms with Gasteiger partial charge in [0, 0.05) is 24.0 Å². The number of hydrogen-bond acceptors (Lipinski definition) is 6. The highest BCUT2D eigenvalue weighted by Crippen LogP contribution is 2.36. The fourth-order valence-corrected chi connectivity index (χ4v) is 4.43. The van der Waals surface area contributed by atoms with Crippen LogP contribution in [-0.4, -0.2) is 39.7 Å². The fourth-order valence-electron chi connectivity index (χ4n) is 4.43. The molecule has 3 aromatic carbocycles. The molecule has 0 bridgehead atoms. The second-order valence-corrected chi connectivity index (χ2v) is 12.2. The van der Waals surface area contributed by atoms with Gasteiger partial charge in [-0.1, -0.05) is 67.6 Å². The predicted octanol–water partition coefficient (Wildman–Crippen LogP) is 7.73. The SMILES string of the molecule is CC(CNC(=O)OC(C)(C)C)c1ccc(-c2ccc3c(cnn3C(=O)OC(C)(C)C)c2NCc2ccccc2)cc1. The molecule has 216 valence electrons. The van der Waals surface area contributed by atoms with E-state index < -0.39 is 23.4 Å². The first-order chi connectivity index (χ1) is 19.3. The highest BCUT2D eigenvalue weighted by atomic mass is 16.6. The predicted molar refractivity (Wildman–Crippen MR) is 163 cm³/mol. The summed E-state index contributed by atoms with van der Waals surface area (Å²) >= 11 is 0. The van der Waals surface area contributed by atoms with E-state index >= 15 is 0 Å². The number of aromatic nitrogens is 2. The molecule has 8 nitrogen and oxygen atoms in total. The third kappa shape index (κ3) is 7.87. The summed E-state index contributed by atoms with van der Waals surface area (Å²) in [5.74, 6) is 0.0989. The van der Waals surface area contributed by atoms with E-state index in [9.17, 15) is 9.59 Å². The summed E-state index contributed by atoms with van der Waals surface area (Å²) in [6.07, 6.45) is 0.761. The van der Waals surface area contributed by atoms with Gasteiger partial charge in [-0.05, 0) is 70.2 Å². The molecule has 0 spiro atoms. The summed E-state index contributed by atoms with van der Waals surface area (Å²) in [7, 11) is 0. The number of nitrogens with one attached hydrogen (secondary N) is 2. The normalized spacial score (nSPS) is 12.6. The molecule has 4 aromatic rings. The Balaban J connectivity index is 1.62. The van der Waals surface area contributed by atoms with E-state index in [0.717, 1.165) is 33.3 Å². The second kappa shape index (κ2) is 12.0. The molecule has 0 saturated carbocycles. The maximum atomic E-state index is 12.9. The van der Waals surface area contributed by atoms with Crippen molar-refractivity contribution in [2.45, 2.75) is 72.1 Å². The van der Waals surface area contributed by atoms with Gasteiger partial charge in [-0.3, -0.25) is 0 Å². The largest absolute Gasteiger partial charge is 0.444 e. The Morgan fingerprint density at radius 3 is 2.17 bits per heavy atom. The molecule has 41 heavy (non-hydrogen) atoms. The standard InChI is InChI=1S/C33H40N4O4/c1-22(19-35-30(38)40-32(2,3)4)24-13-15-25(16-14-24)26-17-18-28-27(21-36-37(28)31(39)41-33(5,6)7)29(26)34-20-23-11-9-8-10-12-23/h8-18,21-22,34H,19-20H2,1-7H3,(H,35,38).